The van der Waals surface area contributed by atoms with E-state index in [0.29, 0.717) is 18.8 Å². The number of amides is 1. The van der Waals surface area contributed by atoms with Crippen LogP contribution in [0.4, 0.5) is 0 Å². The van der Waals surface area contributed by atoms with Gasteiger partial charge < -0.3 is 18.9 Å². The van der Waals surface area contributed by atoms with Gasteiger partial charge in [-0.15, -0.1) is 0 Å². The maximum Gasteiger partial charge on any atom is 0.331 e. The second kappa shape index (κ2) is 5.44. The number of carbonyl (C=O) groups is 2. The lowest BCUT2D eigenvalue weighted by Gasteiger charge is -2.33. The number of hydrogen-bond acceptors (Lipinski definition) is 4. The first-order valence-corrected chi connectivity index (χ1v) is 6.15. The molecule has 0 N–H and O–H groups in total. The molecule has 1 amide bonds. The van der Waals surface area contributed by atoms with Crippen LogP contribution in [0.15, 0.2) is 12.1 Å². The van der Waals surface area contributed by atoms with Gasteiger partial charge >= 0.3 is 5.97 Å². The lowest BCUT2D eigenvalue weighted by Crippen LogP contribution is -2.53. The van der Waals surface area contributed by atoms with Crippen molar-refractivity contribution in [3.8, 4) is 0 Å². The SMILES string of the molecule is COC(=O)C1COCCN1C(=O)c1ccc(C)n1C. The Morgan fingerprint density at radius 3 is 2.74 bits per heavy atom. The van der Waals surface area contributed by atoms with Crippen LogP contribution in [0, 0.1) is 6.92 Å². The highest BCUT2D eigenvalue weighted by Gasteiger charge is 2.34. The molecule has 0 aliphatic carbocycles. The molecule has 0 aromatic carbocycles. The van der Waals surface area contributed by atoms with Gasteiger partial charge in [0.15, 0.2) is 6.04 Å². The zero-order chi connectivity index (χ0) is 14.0. The highest BCUT2D eigenvalue weighted by molar-refractivity contribution is 5.96. The summed E-state index contributed by atoms with van der Waals surface area (Å²) in [7, 11) is 3.14. The molecule has 1 fully saturated rings. The first-order chi connectivity index (χ1) is 9.06. The zero-order valence-corrected chi connectivity index (χ0v) is 11.4. The highest BCUT2D eigenvalue weighted by atomic mass is 16.5. The molecule has 0 spiro atoms. The number of methoxy groups -OCH3 is 1. The van der Waals surface area contributed by atoms with Crippen molar-refractivity contribution in [1.82, 2.24) is 9.47 Å². The average Bonchev–Trinajstić information content (AvgIpc) is 2.77. The molecular weight excluding hydrogens is 248 g/mol. The Morgan fingerprint density at radius 1 is 1.42 bits per heavy atom. The Balaban J connectivity index is 2.25. The van der Waals surface area contributed by atoms with Crippen molar-refractivity contribution in [2.45, 2.75) is 13.0 Å². The van der Waals surface area contributed by atoms with Crippen molar-refractivity contribution in [2.75, 3.05) is 26.9 Å². The third-order valence-corrected chi connectivity index (χ3v) is 3.45. The molecule has 1 atom stereocenters. The van der Waals surface area contributed by atoms with Gasteiger partial charge in [0.25, 0.3) is 5.91 Å². The molecule has 1 saturated heterocycles. The van der Waals surface area contributed by atoms with Gasteiger partial charge in [-0.1, -0.05) is 0 Å². The van der Waals surface area contributed by atoms with Crippen molar-refractivity contribution < 1.29 is 19.1 Å². The van der Waals surface area contributed by atoms with Crippen LogP contribution in [0.1, 0.15) is 16.2 Å². The summed E-state index contributed by atoms with van der Waals surface area (Å²) in [6.45, 7) is 2.93. The van der Waals surface area contributed by atoms with Crippen LogP contribution >= 0.6 is 0 Å². The Morgan fingerprint density at radius 2 is 2.16 bits per heavy atom. The fraction of sp³-hybridized carbons (Fsp3) is 0.538. The standard InChI is InChI=1S/C13H18N2O4/c1-9-4-5-10(14(9)2)12(16)15-6-7-19-8-11(15)13(17)18-3/h4-5,11H,6-8H2,1-3H3. The topological polar surface area (TPSA) is 60.8 Å². The summed E-state index contributed by atoms with van der Waals surface area (Å²) in [6.07, 6.45) is 0. The van der Waals surface area contributed by atoms with Crippen LogP contribution in [0.3, 0.4) is 0 Å². The molecule has 104 valence electrons. The zero-order valence-electron chi connectivity index (χ0n) is 11.4. The Bertz CT molecular complexity index is 495. The molecule has 2 heterocycles. The van der Waals surface area contributed by atoms with Crippen LogP contribution in [-0.2, 0) is 21.3 Å². The summed E-state index contributed by atoms with van der Waals surface area (Å²) in [6, 6.07) is 2.98. The Kier molecular flexibility index (Phi) is 3.90. The number of aromatic nitrogens is 1. The Hall–Kier alpha value is -1.82. The van der Waals surface area contributed by atoms with Gasteiger partial charge in [0, 0.05) is 19.3 Å². The second-order valence-electron chi connectivity index (χ2n) is 4.53. The molecule has 1 unspecified atom stereocenters. The molecule has 0 saturated carbocycles. The maximum atomic E-state index is 12.5. The molecule has 0 bridgehead atoms. The van der Waals surface area contributed by atoms with Gasteiger partial charge in [-0.25, -0.2) is 4.79 Å². The van der Waals surface area contributed by atoms with Crippen LogP contribution < -0.4 is 0 Å². The average molecular weight is 266 g/mol. The van der Waals surface area contributed by atoms with E-state index >= 15 is 0 Å². The number of hydrogen-bond donors (Lipinski definition) is 0. The fourth-order valence-electron chi connectivity index (χ4n) is 2.15. The molecule has 6 nitrogen and oxygen atoms in total. The monoisotopic (exact) mass is 266 g/mol. The number of esters is 1. The predicted octanol–water partition coefficient (Wildman–Crippen LogP) is 0.348. The van der Waals surface area contributed by atoms with Gasteiger partial charge in [-0.3, -0.25) is 4.79 Å². The number of carbonyl (C=O) groups excluding carboxylic acids is 2. The number of rotatable bonds is 2. The van der Waals surface area contributed by atoms with E-state index in [4.69, 9.17) is 9.47 Å². The number of ether oxygens (including phenoxy) is 2. The lowest BCUT2D eigenvalue weighted by atomic mass is 10.2. The summed E-state index contributed by atoms with van der Waals surface area (Å²) in [4.78, 5) is 25.7. The number of morpholine rings is 1. The minimum atomic E-state index is -0.665. The smallest absolute Gasteiger partial charge is 0.331 e. The van der Waals surface area contributed by atoms with Crippen molar-refractivity contribution in [3.05, 3.63) is 23.5 Å². The third-order valence-electron chi connectivity index (χ3n) is 3.45. The summed E-state index contributed by atoms with van der Waals surface area (Å²) < 4.78 is 11.8. The second-order valence-corrected chi connectivity index (χ2v) is 4.53. The quantitative estimate of drug-likeness (QED) is 0.725. The lowest BCUT2D eigenvalue weighted by molar-refractivity contribution is -0.151. The normalized spacial score (nSPS) is 19.3. The summed E-state index contributed by atoms with van der Waals surface area (Å²) in [5.74, 6) is -0.617. The molecule has 6 heteroatoms. The molecule has 1 aromatic rings. The van der Waals surface area contributed by atoms with E-state index in [0.717, 1.165) is 5.69 Å². The third kappa shape index (κ3) is 2.49. The molecule has 1 aromatic heterocycles. The molecular formula is C13H18N2O4. The van der Waals surface area contributed by atoms with E-state index in [1.807, 2.05) is 24.6 Å². The van der Waals surface area contributed by atoms with Crippen molar-refractivity contribution >= 4 is 11.9 Å². The predicted molar refractivity (Wildman–Crippen MR) is 67.8 cm³/mol. The van der Waals surface area contributed by atoms with E-state index in [9.17, 15) is 9.59 Å². The van der Waals surface area contributed by atoms with Gasteiger partial charge in [-0.2, -0.15) is 0 Å². The van der Waals surface area contributed by atoms with Crippen LogP contribution in [0.2, 0.25) is 0 Å². The van der Waals surface area contributed by atoms with Crippen molar-refractivity contribution in [2.24, 2.45) is 7.05 Å². The minimum absolute atomic E-state index is 0.172. The van der Waals surface area contributed by atoms with E-state index in [2.05, 4.69) is 0 Å². The molecule has 2 rings (SSSR count). The molecule has 19 heavy (non-hydrogen) atoms. The largest absolute Gasteiger partial charge is 0.467 e. The number of nitrogens with zero attached hydrogens (tertiary/aromatic N) is 2. The Labute approximate surface area is 111 Å². The first-order valence-electron chi connectivity index (χ1n) is 6.15. The van der Waals surface area contributed by atoms with Crippen LogP contribution in [0.5, 0.6) is 0 Å². The van der Waals surface area contributed by atoms with E-state index in [1.54, 1.807) is 6.07 Å². The van der Waals surface area contributed by atoms with Gasteiger partial charge in [0.1, 0.15) is 5.69 Å². The van der Waals surface area contributed by atoms with E-state index < -0.39 is 12.0 Å². The molecule has 1 aliphatic rings. The summed E-state index contributed by atoms with van der Waals surface area (Å²) in [5.41, 5.74) is 1.56. The summed E-state index contributed by atoms with van der Waals surface area (Å²) in [5, 5.41) is 0. The highest BCUT2D eigenvalue weighted by Crippen LogP contribution is 2.15. The first kappa shape index (κ1) is 13.6. The van der Waals surface area contributed by atoms with Gasteiger partial charge in [-0.05, 0) is 19.1 Å². The molecule has 1 aliphatic heterocycles. The fourth-order valence-corrected chi connectivity index (χ4v) is 2.15. The maximum absolute atomic E-state index is 12.5. The minimum Gasteiger partial charge on any atom is -0.467 e. The van der Waals surface area contributed by atoms with E-state index in [1.165, 1.54) is 12.0 Å². The van der Waals surface area contributed by atoms with Crippen LogP contribution in [-0.4, -0.2) is 54.3 Å². The molecule has 0 radical (unpaired) electrons. The van der Waals surface area contributed by atoms with Gasteiger partial charge in [0.05, 0.1) is 20.3 Å². The van der Waals surface area contributed by atoms with Crippen LogP contribution in [0.25, 0.3) is 0 Å². The van der Waals surface area contributed by atoms with E-state index in [-0.39, 0.29) is 12.5 Å². The van der Waals surface area contributed by atoms with Gasteiger partial charge in [0.2, 0.25) is 0 Å². The number of aryl methyl sites for hydroxylation is 1. The summed E-state index contributed by atoms with van der Waals surface area (Å²) >= 11 is 0. The van der Waals surface area contributed by atoms with Crippen molar-refractivity contribution in [3.63, 3.8) is 0 Å². The van der Waals surface area contributed by atoms with Crippen molar-refractivity contribution in [1.29, 1.82) is 0 Å².